The Hall–Kier alpha value is -1.19. The molecular formula is C12H7ClFNS. The molecule has 2 aromatic rings. The van der Waals surface area contributed by atoms with E-state index in [1.54, 1.807) is 17.8 Å². The smallest absolute Gasteiger partial charge is 0.125 e. The Morgan fingerprint density at radius 1 is 1.00 bits per heavy atom. The zero-order valence-corrected chi connectivity index (χ0v) is 9.70. The Labute approximate surface area is 102 Å². The first-order valence-corrected chi connectivity index (χ1v) is 5.96. The van der Waals surface area contributed by atoms with Crippen LogP contribution >= 0.6 is 23.4 Å². The second kappa shape index (κ2) is 3.68. The number of halogens is 2. The number of anilines is 2. The molecule has 80 valence electrons. The average molecular weight is 252 g/mol. The van der Waals surface area contributed by atoms with Gasteiger partial charge in [0.25, 0.3) is 0 Å². The predicted octanol–water partition coefficient (Wildman–Crippen LogP) is 4.69. The first-order valence-electron chi connectivity index (χ1n) is 4.76. The van der Waals surface area contributed by atoms with E-state index in [1.807, 2.05) is 18.2 Å². The van der Waals surface area contributed by atoms with Crippen LogP contribution in [0.2, 0.25) is 5.02 Å². The number of nitrogens with one attached hydrogen (secondary N) is 1. The number of hydrogen-bond acceptors (Lipinski definition) is 2. The molecule has 1 aliphatic rings. The van der Waals surface area contributed by atoms with E-state index < -0.39 is 0 Å². The molecule has 0 fully saturated rings. The fourth-order valence-corrected chi connectivity index (χ4v) is 2.88. The molecule has 0 spiro atoms. The summed E-state index contributed by atoms with van der Waals surface area (Å²) in [6.07, 6.45) is 0. The number of rotatable bonds is 0. The second-order valence-electron chi connectivity index (χ2n) is 3.51. The van der Waals surface area contributed by atoms with E-state index in [9.17, 15) is 4.39 Å². The summed E-state index contributed by atoms with van der Waals surface area (Å²) in [5, 5.41) is 3.90. The molecule has 4 heteroatoms. The van der Waals surface area contributed by atoms with Crippen LogP contribution in [0.25, 0.3) is 0 Å². The average Bonchev–Trinajstić information content (AvgIpc) is 2.26. The van der Waals surface area contributed by atoms with Crippen molar-refractivity contribution in [2.75, 3.05) is 5.32 Å². The molecule has 0 unspecified atom stereocenters. The van der Waals surface area contributed by atoms with Crippen molar-refractivity contribution in [3.8, 4) is 0 Å². The molecule has 1 nitrogen and oxygen atoms in total. The summed E-state index contributed by atoms with van der Waals surface area (Å²) in [5.41, 5.74) is 1.77. The Morgan fingerprint density at radius 3 is 2.75 bits per heavy atom. The highest BCUT2D eigenvalue weighted by Crippen LogP contribution is 2.44. The highest BCUT2D eigenvalue weighted by atomic mass is 35.5. The summed E-state index contributed by atoms with van der Waals surface area (Å²) in [5.74, 6) is -0.232. The van der Waals surface area contributed by atoms with E-state index >= 15 is 0 Å². The van der Waals surface area contributed by atoms with Crippen molar-refractivity contribution in [3.63, 3.8) is 0 Å². The molecule has 1 N–H and O–H groups in total. The Bertz CT molecular complexity index is 519. The van der Waals surface area contributed by atoms with Crippen molar-refractivity contribution in [2.45, 2.75) is 9.79 Å². The van der Waals surface area contributed by atoms with Gasteiger partial charge >= 0.3 is 0 Å². The molecule has 0 saturated carbocycles. The van der Waals surface area contributed by atoms with Gasteiger partial charge in [-0.15, -0.1) is 0 Å². The van der Waals surface area contributed by atoms with Gasteiger partial charge in [0.05, 0.1) is 11.4 Å². The SMILES string of the molecule is Fc1ccc2c(c1)Nc1ccc(Cl)cc1S2. The summed E-state index contributed by atoms with van der Waals surface area (Å²) in [4.78, 5) is 2.07. The molecule has 0 aliphatic carbocycles. The minimum absolute atomic E-state index is 0.232. The zero-order chi connectivity index (χ0) is 11.1. The lowest BCUT2D eigenvalue weighted by molar-refractivity contribution is 0.627. The summed E-state index contributed by atoms with van der Waals surface area (Å²) in [6.45, 7) is 0. The normalized spacial score (nSPS) is 12.6. The van der Waals surface area contributed by atoms with Crippen molar-refractivity contribution in [2.24, 2.45) is 0 Å². The van der Waals surface area contributed by atoms with Crippen LogP contribution in [0.15, 0.2) is 46.2 Å². The molecule has 0 bridgehead atoms. The van der Waals surface area contributed by atoms with Crippen LogP contribution in [0.5, 0.6) is 0 Å². The van der Waals surface area contributed by atoms with Gasteiger partial charge in [0.1, 0.15) is 5.82 Å². The second-order valence-corrected chi connectivity index (χ2v) is 5.03. The van der Waals surface area contributed by atoms with Gasteiger partial charge in [-0.2, -0.15) is 0 Å². The molecule has 2 aromatic carbocycles. The van der Waals surface area contributed by atoms with Crippen molar-refractivity contribution in [1.82, 2.24) is 0 Å². The van der Waals surface area contributed by atoms with E-state index in [0.29, 0.717) is 5.02 Å². The largest absolute Gasteiger partial charge is 0.354 e. The topological polar surface area (TPSA) is 12.0 Å². The molecule has 0 aromatic heterocycles. The maximum atomic E-state index is 13.1. The van der Waals surface area contributed by atoms with Crippen LogP contribution < -0.4 is 5.32 Å². The molecule has 16 heavy (non-hydrogen) atoms. The fraction of sp³-hybridized carbons (Fsp3) is 0. The third-order valence-electron chi connectivity index (χ3n) is 2.37. The fourth-order valence-electron chi connectivity index (χ4n) is 1.64. The monoisotopic (exact) mass is 251 g/mol. The van der Waals surface area contributed by atoms with E-state index in [-0.39, 0.29) is 5.82 Å². The van der Waals surface area contributed by atoms with Gasteiger partial charge in [-0.1, -0.05) is 23.4 Å². The summed E-state index contributed by atoms with van der Waals surface area (Å²) < 4.78 is 13.1. The summed E-state index contributed by atoms with van der Waals surface area (Å²) >= 11 is 7.52. The van der Waals surface area contributed by atoms with Gasteiger partial charge in [0, 0.05) is 14.8 Å². The van der Waals surface area contributed by atoms with Crippen molar-refractivity contribution < 1.29 is 4.39 Å². The van der Waals surface area contributed by atoms with E-state index in [1.165, 1.54) is 12.1 Å². The number of fused-ring (bicyclic) bond motifs is 2. The molecule has 0 saturated heterocycles. The highest BCUT2D eigenvalue weighted by molar-refractivity contribution is 7.99. The Balaban J connectivity index is 2.09. The van der Waals surface area contributed by atoms with Crippen molar-refractivity contribution in [1.29, 1.82) is 0 Å². The van der Waals surface area contributed by atoms with E-state index in [2.05, 4.69) is 5.32 Å². The zero-order valence-electron chi connectivity index (χ0n) is 8.13. The molecule has 0 radical (unpaired) electrons. The van der Waals surface area contributed by atoms with Crippen LogP contribution in [0.3, 0.4) is 0 Å². The predicted molar refractivity (Wildman–Crippen MR) is 65.3 cm³/mol. The minimum atomic E-state index is -0.232. The van der Waals surface area contributed by atoms with Crippen LogP contribution in [0.1, 0.15) is 0 Å². The van der Waals surface area contributed by atoms with Crippen LogP contribution in [0, 0.1) is 5.82 Å². The number of benzene rings is 2. The van der Waals surface area contributed by atoms with Crippen molar-refractivity contribution >= 4 is 34.7 Å². The summed E-state index contributed by atoms with van der Waals surface area (Å²) in [6, 6.07) is 10.4. The lowest BCUT2D eigenvalue weighted by Gasteiger charge is -2.20. The number of hydrogen-bond donors (Lipinski definition) is 1. The Kier molecular flexibility index (Phi) is 2.30. The first kappa shape index (κ1) is 10.00. The van der Waals surface area contributed by atoms with Gasteiger partial charge in [-0.05, 0) is 36.4 Å². The first-order chi connectivity index (χ1) is 7.72. The molecular weight excluding hydrogens is 245 g/mol. The van der Waals surface area contributed by atoms with Gasteiger partial charge in [0.2, 0.25) is 0 Å². The molecule has 3 rings (SSSR count). The summed E-state index contributed by atoms with van der Waals surface area (Å²) in [7, 11) is 0. The maximum Gasteiger partial charge on any atom is 0.125 e. The third kappa shape index (κ3) is 1.66. The Morgan fingerprint density at radius 2 is 1.88 bits per heavy atom. The maximum absolute atomic E-state index is 13.1. The molecule has 0 atom stereocenters. The van der Waals surface area contributed by atoms with Gasteiger partial charge in [-0.25, -0.2) is 4.39 Å². The molecule has 0 amide bonds. The van der Waals surface area contributed by atoms with Crippen LogP contribution in [-0.2, 0) is 0 Å². The van der Waals surface area contributed by atoms with E-state index in [4.69, 9.17) is 11.6 Å². The minimum Gasteiger partial charge on any atom is -0.354 e. The molecule has 1 heterocycles. The van der Waals surface area contributed by atoms with Crippen molar-refractivity contribution in [3.05, 3.63) is 47.2 Å². The standard InChI is InChI=1S/C12H7ClFNS/c13-7-1-3-9-12(5-7)16-11-4-2-8(14)6-10(11)15-9/h1-6,15H. The third-order valence-corrected chi connectivity index (χ3v) is 3.74. The van der Waals surface area contributed by atoms with Gasteiger partial charge in [-0.3, -0.25) is 0 Å². The van der Waals surface area contributed by atoms with Gasteiger partial charge < -0.3 is 5.32 Å². The lowest BCUT2D eigenvalue weighted by Crippen LogP contribution is -1.99. The molecule has 1 aliphatic heterocycles. The highest BCUT2D eigenvalue weighted by Gasteiger charge is 2.15. The van der Waals surface area contributed by atoms with Crippen LogP contribution in [-0.4, -0.2) is 0 Å². The van der Waals surface area contributed by atoms with Crippen LogP contribution in [0.4, 0.5) is 15.8 Å². The van der Waals surface area contributed by atoms with Gasteiger partial charge in [0.15, 0.2) is 0 Å². The van der Waals surface area contributed by atoms with E-state index in [0.717, 1.165) is 21.2 Å². The quantitative estimate of drug-likeness (QED) is 0.622. The lowest BCUT2D eigenvalue weighted by atomic mass is 10.2.